The predicted molar refractivity (Wildman–Crippen MR) is 91.0 cm³/mol. The van der Waals surface area contributed by atoms with Crippen molar-refractivity contribution in [3.63, 3.8) is 0 Å². The zero-order valence-corrected chi connectivity index (χ0v) is 13.6. The van der Waals surface area contributed by atoms with E-state index in [4.69, 9.17) is 0 Å². The fourth-order valence-electron chi connectivity index (χ4n) is 4.21. The third-order valence-electron chi connectivity index (χ3n) is 5.33. The van der Waals surface area contributed by atoms with Gasteiger partial charge in [-0.25, -0.2) is 0 Å². The Morgan fingerprint density at radius 2 is 1.79 bits per heavy atom. The summed E-state index contributed by atoms with van der Waals surface area (Å²) in [5, 5.41) is 10.8. The van der Waals surface area contributed by atoms with E-state index in [0.29, 0.717) is 5.69 Å². The highest BCUT2D eigenvalue weighted by Gasteiger charge is 2.49. The molecule has 0 saturated heterocycles. The molecule has 2 heterocycles. The Balaban J connectivity index is 2.00. The molecule has 4 rings (SSSR count). The number of aliphatic hydroxyl groups is 1. The Morgan fingerprint density at radius 1 is 1.12 bits per heavy atom. The van der Waals surface area contributed by atoms with Crippen molar-refractivity contribution in [1.29, 1.82) is 0 Å². The van der Waals surface area contributed by atoms with Gasteiger partial charge in [0.2, 0.25) is 5.78 Å². The molecule has 1 aromatic carbocycles. The quantitative estimate of drug-likeness (QED) is 0.850. The van der Waals surface area contributed by atoms with E-state index in [0.717, 1.165) is 36.8 Å². The maximum atomic E-state index is 13.0. The van der Waals surface area contributed by atoms with Gasteiger partial charge < -0.3 is 9.67 Å². The average Bonchev–Trinajstić information content (AvgIpc) is 3.22. The maximum absolute atomic E-state index is 13.0. The molecule has 0 unspecified atom stereocenters. The normalized spacial score (nSPS) is 19.0. The fraction of sp³-hybridized carbons (Fsp3) is 0.300. The van der Waals surface area contributed by atoms with Crippen LogP contribution in [0.25, 0.3) is 11.1 Å². The van der Waals surface area contributed by atoms with Crippen LogP contribution in [0, 0.1) is 0 Å². The number of Topliss-reactive ketones (excluding diaryl/α,β-unsaturated/α-hetero) is 2. The second-order valence-corrected chi connectivity index (χ2v) is 6.66. The molecule has 122 valence electrons. The molecular formula is C20H19NO3. The minimum absolute atomic E-state index is 0.0414. The molecular weight excluding hydrogens is 302 g/mol. The molecule has 0 amide bonds. The second-order valence-electron chi connectivity index (χ2n) is 6.66. The number of nitrogens with zero attached hydrogens (tertiary/aromatic N) is 1. The summed E-state index contributed by atoms with van der Waals surface area (Å²) < 4.78 is 1.91. The van der Waals surface area contributed by atoms with Gasteiger partial charge >= 0.3 is 0 Å². The van der Waals surface area contributed by atoms with Gasteiger partial charge in [0.1, 0.15) is 16.9 Å². The highest BCUT2D eigenvalue weighted by atomic mass is 16.3. The molecule has 0 bridgehead atoms. The molecule has 0 radical (unpaired) electrons. The number of hydrogen-bond acceptors (Lipinski definition) is 3. The molecule has 1 N–H and O–H groups in total. The Hall–Kier alpha value is -2.62. The van der Waals surface area contributed by atoms with Crippen molar-refractivity contribution >= 4 is 11.6 Å². The van der Waals surface area contributed by atoms with Gasteiger partial charge in [-0.3, -0.25) is 9.59 Å². The van der Waals surface area contributed by atoms with Crippen molar-refractivity contribution in [2.75, 3.05) is 0 Å². The molecule has 1 fully saturated rings. The zero-order chi connectivity index (χ0) is 16.9. The summed E-state index contributed by atoms with van der Waals surface area (Å²) in [7, 11) is 0. The average molecular weight is 321 g/mol. The first-order valence-electron chi connectivity index (χ1n) is 8.33. The first-order chi connectivity index (χ1) is 11.6. The fourth-order valence-corrected chi connectivity index (χ4v) is 4.21. The van der Waals surface area contributed by atoms with Gasteiger partial charge in [-0.05, 0) is 31.4 Å². The van der Waals surface area contributed by atoms with E-state index >= 15 is 0 Å². The minimum Gasteiger partial charge on any atom is -0.509 e. The van der Waals surface area contributed by atoms with Crippen LogP contribution < -0.4 is 0 Å². The van der Waals surface area contributed by atoms with Gasteiger partial charge in [0.15, 0.2) is 5.78 Å². The molecule has 1 saturated carbocycles. The standard InChI is InChI=1S/C20H19NO3/c1-13(22)16-18(23)17-15(14-7-3-2-4-8-14)9-12-21(17)20(19(16)24)10-5-6-11-20/h2-4,7-9,12,24H,5-6,10-11H2,1H3. The maximum Gasteiger partial charge on any atom is 0.217 e. The molecule has 1 spiro atoms. The molecule has 24 heavy (non-hydrogen) atoms. The van der Waals surface area contributed by atoms with Crippen LogP contribution in [0.15, 0.2) is 53.9 Å². The van der Waals surface area contributed by atoms with E-state index in [-0.39, 0.29) is 22.9 Å². The Morgan fingerprint density at radius 3 is 2.42 bits per heavy atom. The van der Waals surface area contributed by atoms with Crippen LogP contribution in [0.1, 0.15) is 43.1 Å². The summed E-state index contributed by atoms with van der Waals surface area (Å²) in [5.41, 5.74) is 1.60. The molecule has 4 nitrogen and oxygen atoms in total. The molecule has 2 aliphatic rings. The SMILES string of the molecule is CC(=O)C1=C(O)C2(CCCC2)n2ccc(-c3ccccc3)c2C1=O. The van der Waals surface area contributed by atoms with Gasteiger partial charge in [-0.1, -0.05) is 43.2 Å². The summed E-state index contributed by atoms with van der Waals surface area (Å²) in [6.45, 7) is 1.35. The highest BCUT2D eigenvalue weighted by Crippen LogP contribution is 2.48. The van der Waals surface area contributed by atoms with Gasteiger partial charge in [-0.15, -0.1) is 0 Å². The lowest BCUT2D eigenvalue weighted by Gasteiger charge is -2.36. The van der Waals surface area contributed by atoms with Crippen LogP contribution in [0.5, 0.6) is 0 Å². The molecule has 2 aromatic rings. The van der Waals surface area contributed by atoms with E-state index < -0.39 is 5.54 Å². The zero-order valence-electron chi connectivity index (χ0n) is 13.6. The van der Waals surface area contributed by atoms with Gasteiger partial charge in [-0.2, -0.15) is 0 Å². The molecule has 1 aromatic heterocycles. The number of benzene rings is 1. The Bertz CT molecular complexity index is 868. The van der Waals surface area contributed by atoms with E-state index in [2.05, 4.69) is 0 Å². The summed E-state index contributed by atoms with van der Waals surface area (Å²) in [6, 6.07) is 11.6. The summed E-state index contributed by atoms with van der Waals surface area (Å²) >= 11 is 0. The number of ketones is 2. The second kappa shape index (κ2) is 5.20. The van der Waals surface area contributed by atoms with Gasteiger partial charge in [0, 0.05) is 11.8 Å². The number of carbonyl (C=O) groups excluding carboxylic acids is 2. The predicted octanol–water partition coefficient (Wildman–Crippen LogP) is 4.02. The third-order valence-corrected chi connectivity index (χ3v) is 5.33. The van der Waals surface area contributed by atoms with E-state index in [1.807, 2.05) is 47.2 Å². The number of carbonyl (C=O) groups is 2. The Kier molecular flexibility index (Phi) is 3.23. The number of hydrogen-bond donors (Lipinski definition) is 1. The minimum atomic E-state index is -0.642. The number of allylic oxidation sites excluding steroid dienone is 2. The van der Waals surface area contributed by atoms with Crippen molar-refractivity contribution in [3.05, 3.63) is 59.6 Å². The third kappa shape index (κ3) is 1.86. The van der Waals surface area contributed by atoms with Crippen molar-refractivity contribution in [3.8, 4) is 11.1 Å². The topological polar surface area (TPSA) is 59.3 Å². The highest BCUT2D eigenvalue weighted by molar-refractivity contribution is 6.28. The summed E-state index contributed by atoms with van der Waals surface area (Å²) in [5.74, 6) is -0.781. The largest absolute Gasteiger partial charge is 0.509 e. The molecule has 4 heteroatoms. The van der Waals surface area contributed by atoms with Crippen molar-refractivity contribution in [1.82, 2.24) is 4.57 Å². The van der Waals surface area contributed by atoms with Gasteiger partial charge in [0.05, 0.1) is 5.69 Å². The van der Waals surface area contributed by atoms with Gasteiger partial charge in [0.25, 0.3) is 0 Å². The van der Waals surface area contributed by atoms with Crippen molar-refractivity contribution in [2.45, 2.75) is 38.1 Å². The van der Waals surface area contributed by atoms with Crippen LogP contribution in [0.3, 0.4) is 0 Å². The van der Waals surface area contributed by atoms with Crippen molar-refractivity contribution in [2.24, 2.45) is 0 Å². The number of aromatic nitrogens is 1. The lowest BCUT2D eigenvalue weighted by Crippen LogP contribution is -2.41. The monoisotopic (exact) mass is 321 g/mol. The first kappa shape index (κ1) is 14.9. The lowest BCUT2D eigenvalue weighted by molar-refractivity contribution is -0.113. The van der Waals surface area contributed by atoms with Crippen LogP contribution in [0.4, 0.5) is 0 Å². The Labute approximate surface area is 140 Å². The van der Waals surface area contributed by atoms with Crippen LogP contribution in [-0.2, 0) is 10.3 Å². The number of rotatable bonds is 2. The molecule has 0 atom stereocenters. The van der Waals surface area contributed by atoms with Crippen LogP contribution >= 0.6 is 0 Å². The summed E-state index contributed by atoms with van der Waals surface area (Å²) in [6.07, 6.45) is 5.33. The van der Waals surface area contributed by atoms with E-state index in [1.165, 1.54) is 6.92 Å². The lowest BCUT2D eigenvalue weighted by atomic mass is 9.83. The number of aliphatic hydroxyl groups excluding tert-OH is 1. The van der Waals surface area contributed by atoms with Crippen LogP contribution in [0.2, 0.25) is 0 Å². The smallest absolute Gasteiger partial charge is 0.217 e. The molecule has 1 aliphatic heterocycles. The molecule has 1 aliphatic carbocycles. The van der Waals surface area contributed by atoms with Crippen LogP contribution in [-0.4, -0.2) is 21.2 Å². The van der Waals surface area contributed by atoms with Crippen molar-refractivity contribution < 1.29 is 14.7 Å². The van der Waals surface area contributed by atoms with E-state index in [1.54, 1.807) is 0 Å². The first-order valence-corrected chi connectivity index (χ1v) is 8.33. The summed E-state index contributed by atoms with van der Waals surface area (Å²) in [4.78, 5) is 25.1. The number of fused-ring (bicyclic) bond motifs is 2. The van der Waals surface area contributed by atoms with E-state index in [9.17, 15) is 14.7 Å².